The molecule has 2 unspecified atom stereocenters. The maximum atomic E-state index is 9.35. The van der Waals surface area contributed by atoms with Gasteiger partial charge >= 0.3 is 0 Å². The van der Waals surface area contributed by atoms with E-state index in [0.29, 0.717) is 6.04 Å². The van der Waals surface area contributed by atoms with Crippen LogP contribution in [-0.4, -0.2) is 62.0 Å². The van der Waals surface area contributed by atoms with Gasteiger partial charge in [0.15, 0.2) is 0 Å². The Morgan fingerprint density at radius 1 is 1.32 bits per heavy atom. The third-order valence-corrected chi connectivity index (χ3v) is 4.17. The van der Waals surface area contributed by atoms with Crippen LogP contribution in [0.1, 0.15) is 46.5 Å². The molecule has 0 heterocycles. The highest BCUT2D eigenvalue weighted by Gasteiger charge is 2.20. The maximum Gasteiger partial charge on any atom is 0.0610 e. The van der Waals surface area contributed by atoms with Crippen molar-refractivity contribution in [2.24, 2.45) is 0 Å². The molecule has 0 aromatic heterocycles. The minimum atomic E-state index is -0.131. The molecule has 0 saturated heterocycles. The molecule has 0 aliphatic carbocycles. The zero-order valence-corrected chi connectivity index (χ0v) is 13.5. The van der Waals surface area contributed by atoms with Crippen molar-refractivity contribution in [1.29, 1.82) is 0 Å². The van der Waals surface area contributed by atoms with Gasteiger partial charge in [-0.1, -0.05) is 13.3 Å². The second kappa shape index (κ2) is 10.6. The van der Waals surface area contributed by atoms with E-state index in [0.717, 1.165) is 32.5 Å². The van der Waals surface area contributed by atoms with Crippen LogP contribution in [0.25, 0.3) is 0 Å². The van der Waals surface area contributed by atoms with Crippen LogP contribution in [0.2, 0.25) is 0 Å². The number of ether oxygens (including phenoxy) is 1. The predicted molar refractivity (Wildman–Crippen MR) is 81.6 cm³/mol. The molecule has 0 aromatic carbocycles. The van der Waals surface area contributed by atoms with Gasteiger partial charge in [-0.25, -0.2) is 0 Å². The van der Waals surface area contributed by atoms with Crippen LogP contribution < -0.4 is 5.32 Å². The van der Waals surface area contributed by atoms with Crippen LogP contribution in [0, 0.1) is 0 Å². The number of likely N-dealkylation sites (N-methyl/N-ethyl adjacent to an activating group) is 1. The highest BCUT2D eigenvalue weighted by molar-refractivity contribution is 4.80. The average molecular weight is 274 g/mol. The van der Waals surface area contributed by atoms with Crippen molar-refractivity contribution in [1.82, 2.24) is 10.2 Å². The van der Waals surface area contributed by atoms with Gasteiger partial charge in [-0.2, -0.15) is 0 Å². The molecule has 0 amide bonds. The Morgan fingerprint density at radius 2 is 2.00 bits per heavy atom. The number of aliphatic hydroxyl groups excluding tert-OH is 1. The number of unbranched alkanes of at least 4 members (excludes halogenated alkanes) is 1. The smallest absolute Gasteiger partial charge is 0.0610 e. The van der Waals surface area contributed by atoms with E-state index in [1.54, 1.807) is 7.11 Å². The summed E-state index contributed by atoms with van der Waals surface area (Å²) in [6.45, 7) is 9.70. The predicted octanol–water partition coefficient (Wildman–Crippen LogP) is 1.87. The second-order valence-corrected chi connectivity index (χ2v) is 5.71. The fourth-order valence-corrected chi connectivity index (χ4v) is 2.13. The lowest BCUT2D eigenvalue weighted by atomic mass is 9.96. The molecule has 0 rings (SSSR count). The zero-order valence-electron chi connectivity index (χ0n) is 13.5. The Hall–Kier alpha value is -0.160. The van der Waals surface area contributed by atoms with E-state index < -0.39 is 0 Å². The molecule has 0 radical (unpaired) electrons. The minimum Gasteiger partial charge on any atom is -0.394 e. The Labute approximate surface area is 119 Å². The van der Waals surface area contributed by atoms with Crippen LogP contribution in [0.5, 0.6) is 0 Å². The lowest BCUT2D eigenvalue weighted by molar-refractivity contribution is 0.119. The molecule has 2 atom stereocenters. The number of rotatable bonds is 12. The third-order valence-electron chi connectivity index (χ3n) is 4.17. The van der Waals surface area contributed by atoms with Crippen LogP contribution in [-0.2, 0) is 4.74 Å². The van der Waals surface area contributed by atoms with E-state index in [9.17, 15) is 5.11 Å². The Morgan fingerprint density at radius 3 is 2.47 bits per heavy atom. The largest absolute Gasteiger partial charge is 0.394 e. The third kappa shape index (κ3) is 7.88. The fraction of sp³-hybridized carbons (Fsp3) is 1.00. The topological polar surface area (TPSA) is 44.7 Å². The molecule has 0 saturated carbocycles. The van der Waals surface area contributed by atoms with Crippen LogP contribution in [0.4, 0.5) is 0 Å². The first-order valence-electron chi connectivity index (χ1n) is 7.55. The lowest BCUT2D eigenvalue weighted by Gasteiger charge is -2.30. The van der Waals surface area contributed by atoms with Crippen molar-refractivity contribution in [3.8, 4) is 0 Å². The van der Waals surface area contributed by atoms with Gasteiger partial charge in [0, 0.05) is 25.2 Å². The zero-order chi connectivity index (χ0) is 14.7. The van der Waals surface area contributed by atoms with Gasteiger partial charge in [-0.05, 0) is 46.7 Å². The van der Waals surface area contributed by atoms with Crippen LogP contribution in [0.15, 0.2) is 0 Å². The first-order valence-corrected chi connectivity index (χ1v) is 7.55. The van der Waals surface area contributed by atoms with Crippen molar-refractivity contribution in [3.05, 3.63) is 0 Å². The van der Waals surface area contributed by atoms with Crippen molar-refractivity contribution >= 4 is 0 Å². The van der Waals surface area contributed by atoms with E-state index in [4.69, 9.17) is 4.74 Å². The van der Waals surface area contributed by atoms with Gasteiger partial charge in [0.05, 0.1) is 13.2 Å². The first kappa shape index (κ1) is 18.8. The van der Waals surface area contributed by atoms with E-state index in [1.165, 1.54) is 12.8 Å². The molecule has 0 fully saturated rings. The highest BCUT2D eigenvalue weighted by atomic mass is 16.5. The molecule has 2 N–H and O–H groups in total. The summed E-state index contributed by atoms with van der Waals surface area (Å²) in [4.78, 5) is 2.50. The number of hydrogen-bond donors (Lipinski definition) is 2. The molecule has 116 valence electrons. The summed E-state index contributed by atoms with van der Waals surface area (Å²) >= 11 is 0. The number of methoxy groups -OCH3 is 1. The fourth-order valence-electron chi connectivity index (χ4n) is 2.13. The van der Waals surface area contributed by atoms with E-state index >= 15 is 0 Å². The summed E-state index contributed by atoms with van der Waals surface area (Å²) in [5, 5.41) is 12.5. The normalized spacial score (nSPS) is 16.6. The first-order chi connectivity index (χ1) is 9.02. The summed E-state index contributed by atoms with van der Waals surface area (Å²) in [5.74, 6) is 0. The van der Waals surface area contributed by atoms with Crippen molar-refractivity contribution in [2.45, 2.75) is 58.0 Å². The van der Waals surface area contributed by atoms with Crippen LogP contribution >= 0.6 is 0 Å². The molecule has 4 nitrogen and oxygen atoms in total. The quantitative estimate of drug-likeness (QED) is 0.533. The molecular weight excluding hydrogens is 240 g/mol. The van der Waals surface area contributed by atoms with E-state index in [2.05, 4.69) is 31.0 Å². The van der Waals surface area contributed by atoms with Gasteiger partial charge in [-0.3, -0.25) is 4.90 Å². The Balaban J connectivity index is 3.98. The Bertz CT molecular complexity index is 208. The molecule has 19 heavy (non-hydrogen) atoms. The van der Waals surface area contributed by atoms with E-state index in [-0.39, 0.29) is 12.1 Å². The second-order valence-electron chi connectivity index (χ2n) is 5.71. The number of aliphatic hydroxyl groups is 1. The average Bonchev–Trinajstić information content (AvgIpc) is 2.45. The number of nitrogens with one attached hydrogen (secondary N) is 1. The van der Waals surface area contributed by atoms with Gasteiger partial charge in [0.2, 0.25) is 0 Å². The minimum absolute atomic E-state index is 0.131. The van der Waals surface area contributed by atoms with Gasteiger partial charge < -0.3 is 15.2 Å². The molecule has 0 bridgehead atoms. The van der Waals surface area contributed by atoms with E-state index in [1.807, 2.05) is 7.05 Å². The van der Waals surface area contributed by atoms with Gasteiger partial charge in [0.25, 0.3) is 0 Å². The summed E-state index contributed by atoms with van der Waals surface area (Å²) in [5.41, 5.74) is -0.131. The Kier molecular flexibility index (Phi) is 10.5. The van der Waals surface area contributed by atoms with Gasteiger partial charge in [-0.15, -0.1) is 0 Å². The standard InChI is InChI=1S/C15H34N2O2/c1-6-14(2)17(11-12-19-5)10-8-7-9-15(3,13-18)16-4/h14,16,18H,6-13H2,1-5H3. The maximum absolute atomic E-state index is 9.35. The molecule has 4 heteroatoms. The van der Waals surface area contributed by atoms with Crippen molar-refractivity contribution < 1.29 is 9.84 Å². The summed E-state index contributed by atoms with van der Waals surface area (Å²) in [6, 6.07) is 0.615. The summed E-state index contributed by atoms with van der Waals surface area (Å²) in [6.07, 6.45) is 4.50. The molecular formula is C15H34N2O2. The number of hydrogen-bond acceptors (Lipinski definition) is 4. The van der Waals surface area contributed by atoms with Crippen molar-refractivity contribution in [2.75, 3.05) is 40.5 Å². The summed E-state index contributed by atoms with van der Waals surface area (Å²) < 4.78 is 5.18. The van der Waals surface area contributed by atoms with Crippen molar-refractivity contribution in [3.63, 3.8) is 0 Å². The molecule has 0 aliphatic heterocycles. The van der Waals surface area contributed by atoms with Crippen LogP contribution in [0.3, 0.4) is 0 Å². The lowest BCUT2D eigenvalue weighted by Crippen LogP contribution is -2.43. The number of nitrogens with zero attached hydrogens (tertiary/aromatic N) is 1. The summed E-state index contributed by atoms with van der Waals surface area (Å²) in [7, 11) is 3.68. The monoisotopic (exact) mass is 274 g/mol. The van der Waals surface area contributed by atoms with Gasteiger partial charge in [0.1, 0.15) is 0 Å². The highest BCUT2D eigenvalue weighted by Crippen LogP contribution is 2.14. The molecule has 0 aliphatic rings. The molecule has 0 aromatic rings. The molecule has 0 spiro atoms. The SMILES string of the molecule is CCC(C)N(CCCCC(C)(CO)NC)CCOC.